The summed E-state index contributed by atoms with van der Waals surface area (Å²) in [6.07, 6.45) is 0.383. The molecule has 0 fully saturated rings. The number of nitrogens with zero attached hydrogens (tertiary/aromatic N) is 1. The van der Waals surface area contributed by atoms with Crippen molar-refractivity contribution in [3.05, 3.63) is 99.0 Å². The van der Waals surface area contributed by atoms with Crippen molar-refractivity contribution in [2.45, 2.75) is 64.3 Å². The average Bonchev–Trinajstić information content (AvgIpc) is 2.93. The minimum absolute atomic E-state index is 0.0163. The quantitative estimate of drug-likeness (QED) is 0.261. The first-order chi connectivity index (χ1) is 19.5. The van der Waals surface area contributed by atoms with Crippen LogP contribution in [-0.2, 0) is 12.8 Å². The minimum atomic E-state index is -4.77. The Balaban J connectivity index is 1.57. The zero-order valence-electron chi connectivity index (χ0n) is 22.8. The molecule has 3 aromatic carbocycles. The number of rotatable bonds is 5. The largest absolute Gasteiger partial charge is 0.573 e. The molecule has 220 valence electrons. The van der Waals surface area contributed by atoms with E-state index < -0.39 is 18.0 Å². The van der Waals surface area contributed by atoms with Gasteiger partial charge in [-0.15, -0.1) is 13.2 Å². The normalized spacial score (nSPS) is 18.5. The number of hydrogen-bond acceptors (Lipinski definition) is 3. The molecule has 4 rings (SSSR count). The van der Waals surface area contributed by atoms with Crippen LogP contribution in [0.5, 0.6) is 5.75 Å². The highest BCUT2D eigenvalue weighted by Gasteiger charge is 2.31. The standard InChI is InChI=1S/C32H33BrF5NO2/c1-21(23-10-15-29(34)30(35)20-23)39-16-4-2-3-6-24-19-26(33)11-14-28(24)31(40)25(7-5-17-39)18-22-8-12-27(13-9-22)41-32(36,37)38/h8-15,19-21,25H,2-7,16-18H2,1H3. The summed E-state index contributed by atoms with van der Waals surface area (Å²) in [7, 11) is 0. The number of carbonyl (C=O) groups is 1. The molecule has 41 heavy (non-hydrogen) atoms. The van der Waals surface area contributed by atoms with Gasteiger partial charge >= 0.3 is 6.36 Å². The van der Waals surface area contributed by atoms with E-state index in [0.717, 1.165) is 53.9 Å². The van der Waals surface area contributed by atoms with Crippen LogP contribution < -0.4 is 4.74 Å². The number of hydrogen-bond donors (Lipinski definition) is 0. The summed E-state index contributed by atoms with van der Waals surface area (Å²) >= 11 is 3.52. The number of ether oxygens (including phenoxy) is 1. The first kappa shape index (κ1) is 31.2. The number of benzene rings is 3. The van der Waals surface area contributed by atoms with E-state index in [-0.39, 0.29) is 23.5 Å². The first-order valence-electron chi connectivity index (χ1n) is 13.9. The molecule has 0 aliphatic carbocycles. The lowest BCUT2D eigenvalue weighted by Crippen LogP contribution is -2.30. The Bertz CT molecular complexity index is 1330. The van der Waals surface area contributed by atoms with E-state index >= 15 is 0 Å². The Kier molecular flexibility index (Phi) is 10.6. The van der Waals surface area contributed by atoms with Gasteiger partial charge in [-0.1, -0.05) is 46.6 Å². The molecular weight excluding hydrogens is 605 g/mol. The minimum Gasteiger partial charge on any atom is -0.406 e. The number of fused-ring (bicyclic) bond motifs is 1. The van der Waals surface area contributed by atoms with Gasteiger partial charge in [-0.3, -0.25) is 9.69 Å². The van der Waals surface area contributed by atoms with Gasteiger partial charge in [0.2, 0.25) is 0 Å². The van der Waals surface area contributed by atoms with Gasteiger partial charge in [0.15, 0.2) is 17.4 Å². The fourth-order valence-electron chi connectivity index (χ4n) is 5.50. The zero-order valence-corrected chi connectivity index (χ0v) is 24.4. The van der Waals surface area contributed by atoms with Crippen molar-refractivity contribution in [2.24, 2.45) is 5.92 Å². The second-order valence-electron chi connectivity index (χ2n) is 10.6. The summed E-state index contributed by atoms with van der Waals surface area (Å²) in [5.74, 6) is -2.43. The molecule has 0 radical (unpaired) electrons. The third kappa shape index (κ3) is 8.85. The number of halogens is 6. The van der Waals surface area contributed by atoms with Crippen LogP contribution in [0.1, 0.15) is 72.1 Å². The lowest BCUT2D eigenvalue weighted by Gasteiger charge is -2.30. The molecule has 1 aliphatic rings. The predicted molar refractivity (Wildman–Crippen MR) is 152 cm³/mol. The van der Waals surface area contributed by atoms with Crippen LogP contribution in [0.4, 0.5) is 22.0 Å². The van der Waals surface area contributed by atoms with Gasteiger partial charge in [-0.25, -0.2) is 8.78 Å². The maximum Gasteiger partial charge on any atom is 0.573 e. The van der Waals surface area contributed by atoms with Crippen molar-refractivity contribution in [2.75, 3.05) is 13.1 Å². The van der Waals surface area contributed by atoms with Crippen molar-refractivity contribution in [3.8, 4) is 5.75 Å². The van der Waals surface area contributed by atoms with E-state index in [2.05, 4.69) is 25.6 Å². The molecule has 1 heterocycles. The zero-order chi connectivity index (χ0) is 29.6. The highest BCUT2D eigenvalue weighted by molar-refractivity contribution is 9.10. The SMILES string of the molecule is CC(c1ccc(F)c(F)c1)N1CCCCCc2cc(Br)ccc2C(=O)C(Cc2ccc(OC(F)(F)F)cc2)CCC1. The third-order valence-electron chi connectivity index (χ3n) is 7.71. The number of carbonyl (C=O) groups excluding carboxylic acids is 1. The maximum absolute atomic E-state index is 14.0. The molecule has 1 aliphatic heterocycles. The summed E-state index contributed by atoms with van der Waals surface area (Å²) in [4.78, 5) is 16.2. The second kappa shape index (κ2) is 13.9. The molecule has 3 nitrogen and oxygen atoms in total. The van der Waals surface area contributed by atoms with Crippen LogP contribution in [0.3, 0.4) is 0 Å². The lowest BCUT2D eigenvalue weighted by molar-refractivity contribution is -0.274. The molecule has 9 heteroatoms. The van der Waals surface area contributed by atoms with Gasteiger partial charge in [0.25, 0.3) is 0 Å². The van der Waals surface area contributed by atoms with E-state index in [1.807, 2.05) is 25.1 Å². The van der Waals surface area contributed by atoms with E-state index in [9.17, 15) is 26.7 Å². The van der Waals surface area contributed by atoms with Crippen molar-refractivity contribution in [1.82, 2.24) is 4.90 Å². The first-order valence-corrected chi connectivity index (χ1v) is 14.7. The Morgan fingerprint density at radius 1 is 0.927 bits per heavy atom. The second-order valence-corrected chi connectivity index (χ2v) is 11.5. The van der Waals surface area contributed by atoms with Crippen molar-refractivity contribution >= 4 is 21.7 Å². The molecule has 0 spiro atoms. The molecule has 0 aromatic heterocycles. The van der Waals surface area contributed by atoms with Crippen LogP contribution in [0, 0.1) is 17.6 Å². The fourth-order valence-corrected chi connectivity index (χ4v) is 5.91. The Hall–Kier alpha value is -2.78. The van der Waals surface area contributed by atoms with E-state index in [1.54, 1.807) is 18.2 Å². The topological polar surface area (TPSA) is 29.5 Å². The molecule has 0 bridgehead atoms. The summed E-state index contributed by atoms with van der Waals surface area (Å²) in [5, 5.41) is 0. The lowest BCUT2D eigenvalue weighted by atomic mass is 9.85. The predicted octanol–water partition coefficient (Wildman–Crippen LogP) is 9.24. The van der Waals surface area contributed by atoms with Gasteiger partial charge in [0.1, 0.15) is 5.75 Å². The average molecular weight is 639 g/mol. The van der Waals surface area contributed by atoms with Gasteiger partial charge in [0, 0.05) is 22.0 Å². The number of ketones is 1. The molecule has 2 unspecified atom stereocenters. The monoisotopic (exact) mass is 637 g/mol. The molecule has 3 aromatic rings. The fraction of sp³-hybridized carbons (Fsp3) is 0.406. The number of Topliss-reactive ketones (excluding diaryl/α,β-unsaturated/α-hetero) is 1. The Morgan fingerprint density at radius 3 is 2.37 bits per heavy atom. The summed E-state index contributed by atoms with van der Waals surface area (Å²) < 4.78 is 70.2. The Labute approximate surface area is 245 Å². The van der Waals surface area contributed by atoms with Gasteiger partial charge in [0.05, 0.1) is 0 Å². The summed E-state index contributed by atoms with van der Waals surface area (Å²) in [5.41, 5.74) is 3.10. The number of aryl methyl sites for hydroxylation is 1. The van der Waals surface area contributed by atoms with Crippen molar-refractivity contribution < 1.29 is 31.5 Å². The third-order valence-corrected chi connectivity index (χ3v) is 8.20. The highest BCUT2D eigenvalue weighted by Crippen LogP contribution is 2.29. The Morgan fingerprint density at radius 2 is 1.66 bits per heavy atom. The molecule has 0 N–H and O–H groups in total. The van der Waals surface area contributed by atoms with E-state index in [0.29, 0.717) is 36.9 Å². The molecule has 0 saturated carbocycles. The van der Waals surface area contributed by atoms with Crippen LogP contribution in [0.25, 0.3) is 0 Å². The van der Waals surface area contributed by atoms with Crippen LogP contribution in [0.2, 0.25) is 0 Å². The van der Waals surface area contributed by atoms with Gasteiger partial charge < -0.3 is 4.74 Å². The molecule has 2 atom stereocenters. The van der Waals surface area contributed by atoms with Gasteiger partial charge in [-0.05, 0) is 112 Å². The van der Waals surface area contributed by atoms with Gasteiger partial charge in [-0.2, -0.15) is 0 Å². The van der Waals surface area contributed by atoms with E-state index in [1.165, 1.54) is 18.2 Å². The number of alkyl halides is 3. The maximum atomic E-state index is 14.0. The van der Waals surface area contributed by atoms with Crippen LogP contribution in [0.15, 0.2) is 65.1 Å². The molecular formula is C32H33BrF5NO2. The highest BCUT2D eigenvalue weighted by atomic mass is 79.9. The van der Waals surface area contributed by atoms with Crippen LogP contribution >= 0.6 is 15.9 Å². The van der Waals surface area contributed by atoms with Crippen LogP contribution in [-0.4, -0.2) is 30.1 Å². The van der Waals surface area contributed by atoms with E-state index in [4.69, 9.17) is 0 Å². The smallest absolute Gasteiger partial charge is 0.406 e. The van der Waals surface area contributed by atoms with Crippen molar-refractivity contribution in [1.29, 1.82) is 0 Å². The summed E-state index contributed by atoms with van der Waals surface area (Å²) in [6, 6.07) is 15.2. The summed E-state index contributed by atoms with van der Waals surface area (Å²) in [6.45, 7) is 3.42. The molecule has 0 saturated heterocycles. The van der Waals surface area contributed by atoms with Crippen molar-refractivity contribution in [3.63, 3.8) is 0 Å². The molecule has 0 amide bonds.